The van der Waals surface area contributed by atoms with Crippen molar-refractivity contribution in [2.45, 2.75) is 0 Å². The van der Waals surface area contributed by atoms with Crippen molar-refractivity contribution in [1.82, 2.24) is 24.5 Å². The summed E-state index contributed by atoms with van der Waals surface area (Å²) in [4.78, 5) is 28.3. The summed E-state index contributed by atoms with van der Waals surface area (Å²) in [5, 5.41) is 9.09. The first-order valence-corrected chi connectivity index (χ1v) is 7.83. The minimum Gasteiger partial charge on any atom is -0.476 e. The third-order valence-electron chi connectivity index (χ3n) is 3.79. The Bertz CT molecular complexity index is 1000. The van der Waals surface area contributed by atoms with Crippen LogP contribution in [0.15, 0.2) is 73.4 Å². The third kappa shape index (κ3) is 3.05. The fourth-order valence-electron chi connectivity index (χ4n) is 2.51. The lowest BCUT2D eigenvalue weighted by molar-refractivity contribution is 0.0691. The summed E-state index contributed by atoms with van der Waals surface area (Å²) in [6.07, 6.45) is 6.24. The molecule has 0 aliphatic rings. The summed E-state index contributed by atoms with van der Waals surface area (Å²) in [6, 6.07) is 15.1. The Morgan fingerprint density at radius 1 is 0.962 bits per heavy atom. The van der Waals surface area contributed by atoms with Crippen LogP contribution in [0.4, 0.5) is 0 Å². The van der Waals surface area contributed by atoms with Crippen molar-refractivity contribution in [1.29, 1.82) is 0 Å². The maximum absolute atomic E-state index is 11.1. The molecule has 0 bridgehead atoms. The molecule has 0 radical (unpaired) electrons. The molecule has 0 saturated heterocycles. The van der Waals surface area contributed by atoms with Crippen molar-refractivity contribution in [2.24, 2.45) is 0 Å². The van der Waals surface area contributed by atoms with Gasteiger partial charge in [-0.15, -0.1) is 0 Å². The van der Waals surface area contributed by atoms with E-state index >= 15 is 0 Å². The summed E-state index contributed by atoms with van der Waals surface area (Å²) in [6.45, 7) is 0. The predicted molar refractivity (Wildman–Crippen MR) is 94.8 cm³/mol. The molecule has 3 aromatic heterocycles. The molecule has 0 fully saturated rings. The number of aromatic nitrogens is 5. The van der Waals surface area contributed by atoms with Gasteiger partial charge < -0.3 is 5.11 Å². The normalized spacial score (nSPS) is 10.6. The van der Waals surface area contributed by atoms with Gasteiger partial charge in [-0.3, -0.25) is 9.55 Å². The van der Waals surface area contributed by atoms with Gasteiger partial charge in [-0.1, -0.05) is 30.3 Å². The van der Waals surface area contributed by atoms with Crippen LogP contribution < -0.4 is 0 Å². The van der Waals surface area contributed by atoms with Crippen LogP contribution in [0.2, 0.25) is 0 Å². The summed E-state index contributed by atoms with van der Waals surface area (Å²) in [5.74, 6) is -0.0124. The lowest BCUT2D eigenvalue weighted by Gasteiger charge is -2.09. The Balaban J connectivity index is 1.89. The molecule has 0 amide bonds. The fourth-order valence-corrected chi connectivity index (χ4v) is 2.51. The molecule has 0 saturated carbocycles. The summed E-state index contributed by atoms with van der Waals surface area (Å²) < 4.78 is 1.57. The van der Waals surface area contributed by atoms with Crippen molar-refractivity contribution in [2.75, 3.05) is 0 Å². The molecule has 7 heteroatoms. The van der Waals surface area contributed by atoms with E-state index in [1.165, 1.54) is 12.5 Å². The van der Waals surface area contributed by atoms with Crippen LogP contribution in [0.5, 0.6) is 0 Å². The van der Waals surface area contributed by atoms with Gasteiger partial charge in [0.25, 0.3) is 0 Å². The number of nitrogens with zero attached hydrogens (tertiary/aromatic N) is 5. The third-order valence-corrected chi connectivity index (χ3v) is 3.79. The van der Waals surface area contributed by atoms with E-state index in [-0.39, 0.29) is 5.69 Å². The van der Waals surface area contributed by atoms with Crippen molar-refractivity contribution >= 4 is 5.97 Å². The Morgan fingerprint density at radius 2 is 1.73 bits per heavy atom. The van der Waals surface area contributed by atoms with Gasteiger partial charge in [0.2, 0.25) is 0 Å². The molecular formula is C19H13N5O2. The molecular weight excluding hydrogens is 330 g/mol. The highest BCUT2D eigenvalue weighted by molar-refractivity contribution is 5.85. The van der Waals surface area contributed by atoms with Gasteiger partial charge in [0.1, 0.15) is 12.1 Å². The second-order valence-corrected chi connectivity index (χ2v) is 5.51. The molecule has 26 heavy (non-hydrogen) atoms. The molecule has 126 valence electrons. The van der Waals surface area contributed by atoms with Crippen LogP contribution in [0.3, 0.4) is 0 Å². The number of hydrogen-bond acceptors (Lipinski definition) is 5. The molecule has 0 spiro atoms. The minimum absolute atomic E-state index is 0.0460. The van der Waals surface area contributed by atoms with E-state index in [9.17, 15) is 4.79 Å². The zero-order valence-corrected chi connectivity index (χ0v) is 13.5. The van der Waals surface area contributed by atoms with Crippen LogP contribution in [0.1, 0.15) is 10.5 Å². The number of aromatic carboxylic acids is 1. The van der Waals surface area contributed by atoms with E-state index in [1.807, 2.05) is 42.5 Å². The summed E-state index contributed by atoms with van der Waals surface area (Å²) in [7, 11) is 0. The van der Waals surface area contributed by atoms with Crippen LogP contribution >= 0.6 is 0 Å². The molecule has 4 aromatic rings. The van der Waals surface area contributed by atoms with E-state index in [0.717, 1.165) is 11.1 Å². The molecule has 0 atom stereocenters. The first kappa shape index (κ1) is 15.6. The van der Waals surface area contributed by atoms with E-state index in [4.69, 9.17) is 5.11 Å². The van der Waals surface area contributed by atoms with Crippen molar-refractivity contribution in [3.05, 3.63) is 79.1 Å². The van der Waals surface area contributed by atoms with E-state index in [0.29, 0.717) is 17.3 Å². The molecule has 4 rings (SSSR count). The zero-order valence-electron chi connectivity index (χ0n) is 13.5. The van der Waals surface area contributed by atoms with Crippen LogP contribution in [-0.2, 0) is 0 Å². The molecule has 0 aliphatic carbocycles. The Kier molecular flexibility index (Phi) is 3.95. The number of hydrogen-bond donors (Lipinski definition) is 1. The Morgan fingerprint density at radius 3 is 2.42 bits per heavy atom. The number of carboxylic acid groups (broad SMARTS) is 1. The number of rotatable bonds is 4. The lowest BCUT2D eigenvalue weighted by atomic mass is 10.1. The average molecular weight is 343 g/mol. The fraction of sp³-hybridized carbons (Fsp3) is 0. The van der Waals surface area contributed by atoms with Crippen LogP contribution in [0, 0.1) is 0 Å². The van der Waals surface area contributed by atoms with Gasteiger partial charge in [0.15, 0.2) is 11.5 Å². The van der Waals surface area contributed by atoms with E-state index < -0.39 is 5.97 Å². The van der Waals surface area contributed by atoms with Gasteiger partial charge in [-0.05, 0) is 12.1 Å². The first-order chi connectivity index (χ1) is 12.7. The van der Waals surface area contributed by atoms with E-state index in [1.54, 1.807) is 23.0 Å². The second kappa shape index (κ2) is 6.56. The number of carboxylic acids is 1. The number of imidazole rings is 1. The molecule has 1 aromatic carbocycles. The number of pyridine rings is 1. The van der Waals surface area contributed by atoms with Gasteiger partial charge >= 0.3 is 5.97 Å². The zero-order chi connectivity index (χ0) is 17.9. The Labute approximate surface area is 148 Å². The molecule has 0 unspecified atom stereocenters. The maximum Gasteiger partial charge on any atom is 0.356 e. The lowest BCUT2D eigenvalue weighted by Crippen LogP contribution is -2.01. The highest BCUT2D eigenvalue weighted by Crippen LogP contribution is 2.23. The predicted octanol–water partition coefficient (Wildman–Crippen LogP) is 3.09. The molecule has 1 N–H and O–H groups in total. The standard InChI is InChI=1S/C19H13N5O2/c25-19(26)16-11-24(12-21-16)17-10-15(13-6-8-20-9-7-13)22-18(23-17)14-4-2-1-3-5-14/h1-12H,(H,25,26). The maximum atomic E-state index is 11.1. The monoisotopic (exact) mass is 343 g/mol. The SMILES string of the molecule is O=C(O)c1cn(-c2cc(-c3ccncc3)nc(-c3ccccc3)n2)cn1. The highest BCUT2D eigenvalue weighted by Gasteiger charge is 2.12. The minimum atomic E-state index is -1.09. The van der Waals surface area contributed by atoms with Crippen molar-refractivity contribution in [3.63, 3.8) is 0 Å². The summed E-state index contributed by atoms with van der Waals surface area (Å²) >= 11 is 0. The smallest absolute Gasteiger partial charge is 0.356 e. The van der Waals surface area contributed by atoms with Gasteiger partial charge in [-0.2, -0.15) is 0 Å². The van der Waals surface area contributed by atoms with E-state index in [2.05, 4.69) is 19.9 Å². The summed E-state index contributed by atoms with van der Waals surface area (Å²) in [5.41, 5.74) is 2.42. The second-order valence-electron chi connectivity index (χ2n) is 5.51. The van der Waals surface area contributed by atoms with Crippen LogP contribution in [0.25, 0.3) is 28.5 Å². The quantitative estimate of drug-likeness (QED) is 0.612. The average Bonchev–Trinajstić information content (AvgIpc) is 3.20. The molecule has 0 aliphatic heterocycles. The molecule has 7 nitrogen and oxygen atoms in total. The van der Waals surface area contributed by atoms with Crippen molar-refractivity contribution < 1.29 is 9.90 Å². The number of carbonyl (C=O) groups is 1. The topological polar surface area (TPSA) is 93.8 Å². The highest BCUT2D eigenvalue weighted by atomic mass is 16.4. The van der Waals surface area contributed by atoms with Gasteiger partial charge in [0.05, 0.1) is 5.69 Å². The van der Waals surface area contributed by atoms with Gasteiger partial charge in [0, 0.05) is 35.8 Å². The molecule has 3 heterocycles. The van der Waals surface area contributed by atoms with Gasteiger partial charge in [-0.25, -0.2) is 19.7 Å². The Hall–Kier alpha value is -3.87. The van der Waals surface area contributed by atoms with Crippen molar-refractivity contribution in [3.8, 4) is 28.5 Å². The number of benzene rings is 1. The largest absolute Gasteiger partial charge is 0.476 e. The van der Waals surface area contributed by atoms with Crippen LogP contribution in [-0.4, -0.2) is 35.6 Å². The first-order valence-electron chi connectivity index (χ1n) is 7.83.